The Morgan fingerprint density at radius 2 is 2.14 bits per heavy atom. The number of hydrogen-bond acceptors (Lipinski definition) is 4. The van der Waals surface area contributed by atoms with Crippen LogP contribution in [0.4, 0.5) is 13.2 Å². The van der Waals surface area contributed by atoms with E-state index in [2.05, 4.69) is 10.3 Å². The van der Waals surface area contributed by atoms with Gasteiger partial charge in [-0.15, -0.1) is 0 Å². The molecule has 1 atom stereocenters. The van der Waals surface area contributed by atoms with E-state index in [1.807, 2.05) is 6.07 Å². The van der Waals surface area contributed by atoms with Gasteiger partial charge in [0.2, 0.25) is 0 Å². The number of fused-ring (bicyclic) bond motifs is 1. The van der Waals surface area contributed by atoms with Gasteiger partial charge in [-0.25, -0.2) is 0 Å². The summed E-state index contributed by atoms with van der Waals surface area (Å²) in [6, 6.07) is 7.47. The van der Waals surface area contributed by atoms with Crippen molar-refractivity contribution in [2.45, 2.75) is 32.2 Å². The van der Waals surface area contributed by atoms with Crippen molar-refractivity contribution in [3.8, 4) is 5.75 Å². The van der Waals surface area contributed by atoms with Crippen molar-refractivity contribution in [3.05, 3.63) is 65.7 Å². The van der Waals surface area contributed by atoms with Gasteiger partial charge in [0.1, 0.15) is 18.1 Å². The van der Waals surface area contributed by atoms with Crippen molar-refractivity contribution >= 4 is 11.4 Å². The molecule has 29 heavy (non-hydrogen) atoms. The first-order valence-electron chi connectivity index (χ1n) is 8.88. The van der Waals surface area contributed by atoms with Crippen molar-refractivity contribution < 1.29 is 27.8 Å². The van der Waals surface area contributed by atoms with Crippen LogP contribution in [0.1, 0.15) is 28.0 Å². The number of halogens is 3. The predicted molar refractivity (Wildman–Crippen MR) is 99.7 cm³/mol. The Hall–Kier alpha value is -3.07. The van der Waals surface area contributed by atoms with E-state index in [1.165, 1.54) is 0 Å². The van der Waals surface area contributed by atoms with Gasteiger partial charge in [-0.3, -0.25) is 9.78 Å². The molecule has 0 bridgehead atoms. The predicted octanol–water partition coefficient (Wildman–Crippen LogP) is 3.26. The minimum Gasteiger partial charge on any atom is -0.487 e. The number of aliphatic hydroxyl groups excluding tert-OH is 1. The average Bonchev–Trinajstić information content (AvgIpc) is 3.00. The second-order valence-corrected chi connectivity index (χ2v) is 6.66. The molecule has 3 aromatic rings. The number of hydrogen-bond donors (Lipinski definition) is 2. The number of nitrogens with zero attached hydrogens (tertiary/aromatic N) is 2. The first-order chi connectivity index (χ1) is 13.8. The average molecular weight is 407 g/mol. The lowest BCUT2D eigenvalue weighted by molar-refractivity contribution is -0.141. The summed E-state index contributed by atoms with van der Waals surface area (Å²) in [5.74, 6) is -0.213. The van der Waals surface area contributed by atoms with Gasteiger partial charge >= 0.3 is 6.18 Å². The standard InChI is InChI=1S/C20H20F3N3O3/c1-13-7-16-4-5-17(29-12-14-3-2-6-24-9-14)10-26(16)18(13)19(28)25-15(11-27)8-20(21,22)23/h2-7,9-10,15,27H,8,11-12H2,1H3,(H,25,28). The first kappa shape index (κ1) is 20.7. The molecule has 154 valence electrons. The van der Waals surface area contributed by atoms with Crippen LogP contribution in [0.3, 0.4) is 0 Å². The molecule has 1 unspecified atom stereocenters. The minimum absolute atomic E-state index is 0.187. The summed E-state index contributed by atoms with van der Waals surface area (Å²) in [6.07, 6.45) is -0.874. The van der Waals surface area contributed by atoms with E-state index >= 15 is 0 Å². The number of aryl methyl sites for hydroxylation is 1. The zero-order valence-corrected chi connectivity index (χ0v) is 15.6. The van der Waals surface area contributed by atoms with Gasteiger partial charge in [-0.05, 0) is 36.8 Å². The van der Waals surface area contributed by atoms with Gasteiger partial charge in [-0.2, -0.15) is 13.2 Å². The lowest BCUT2D eigenvalue weighted by Gasteiger charge is -2.18. The third-order valence-corrected chi connectivity index (χ3v) is 4.31. The van der Waals surface area contributed by atoms with E-state index in [1.54, 1.807) is 54.2 Å². The van der Waals surface area contributed by atoms with Crippen LogP contribution < -0.4 is 10.1 Å². The molecule has 0 saturated heterocycles. The van der Waals surface area contributed by atoms with Crippen LogP contribution in [0.25, 0.3) is 5.52 Å². The Balaban J connectivity index is 1.81. The van der Waals surface area contributed by atoms with Crippen LogP contribution in [0, 0.1) is 6.92 Å². The van der Waals surface area contributed by atoms with Crippen LogP contribution >= 0.6 is 0 Å². The summed E-state index contributed by atoms with van der Waals surface area (Å²) in [4.78, 5) is 16.6. The monoisotopic (exact) mass is 407 g/mol. The summed E-state index contributed by atoms with van der Waals surface area (Å²) >= 11 is 0. The maximum absolute atomic E-state index is 12.6. The molecule has 9 heteroatoms. The first-order valence-corrected chi connectivity index (χ1v) is 8.88. The van der Waals surface area contributed by atoms with Gasteiger partial charge in [0.25, 0.3) is 5.91 Å². The van der Waals surface area contributed by atoms with Crippen molar-refractivity contribution in [3.63, 3.8) is 0 Å². The smallest absolute Gasteiger partial charge is 0.391 e. The van der Waals surface area contributed by atoms with Gasteiger partial charge in [0, 0.05) is 23.5 Å². The fourth-order valence-electron chi connectivity index (χ4n) is 3.00. The second-order valence-electron chi connectivity index (χ2n) is 6.66. The summed E-state index contributed by atoms with van der Waals surface area (Å²) in [5.41, 5.74) is 2.34. The molecule has 0 saturated carbocycles. The van der Waals surface area contributed by atoms with Crippen molar-refractivity contribution in [1.82, 2.24) is 14.7 Å². The summed E-state index contributed by atoms with van der Waals surface area (Å²) < 4.78 is 45.1. The van der Waals surface area contributed by atoms with Gasteiger partial charge in [-0.1, -0.05) is 6.07 Å². The van der Waals surface area contributed by atoms with Gasteiger partial charge in [0.15, 0.2) is 0 Å². The molecule has 0 spiro atoms. The van der Waals surface area contributed by atoms with Crippen LogP contribution in [0.2, 0.25) is 0 Å². The maximum atomic E-state index is 12.6. The number of pyridine rings is 2. The summed E-state index contributed by atoms with van der Waals surface area (Å²) in [7, 11) is 0. The van der Waals surface area contributed by atoms with Crippen LogP contribution in [0.5, 0.6) is 5.75 Å². The topological polar surface area (TPSA) is 75.9 Å². The molecule has 3 rings (SSSR count). The van der Waals surface area contributed by atoms with Crippen molar-refractivity contribution in [2.75, 3.05) is 6.61 Å². The van der Waals surface area contributed by atoms with E-state index in [0.717, 1.165) is 5.56 Å². The highest BCUT2D eigenvalue weighted by molar-refractivity contribution is 5.96. The van der Waals surface area contributed by atoms with E-state index < -0.39 is 31.2 Å². The molecule has 0 aliphatic rings. The van der Waals surface area contributed by atoms with E-state index in [9.17, 15) is 23.1 Å². The number of ether oxygens (including phenoxy) is 1. The molecule has 1 amide bonds. The highest BCUT2D eigenvalue weighted by atomic mass is 19.4. The molecule has 3 aromatic heterocycles. The molecular weight excluding hydrogens is 387 g/mol. The number of nitrogens with one attached hydrogen (secondary N) is 1. The third-order valence-electron chi connectivity index (χ3n) is 4.31. The normalized spacial score (nSPS) is 12.7. The molecule has 3 heterocycles. The lowest BCUT2D eigenvalue weighted by Crippen LogP contribution is -2.41. The molecule has 0 radical (unpaired) electrons. The molecular formula is C20H20F3N3O3. The molecule has 2 N–H and O–H groups in total. The SMILES string of the molecule is Cc1cc2ccc(OCc3cccnc3)cn2c1C(=O)NC(CO)CC(F)(F)F. The van der Waals surface area contributed by atoms with E-state index in [-0.39, 0.29) is 12.3 Å². The Bertz CT molecular complexity index is 987. The fraction of sp³-hybridized carbons (Fsp3) is 0.300. The molecule has 0 fully saturated rings. The zero-order chi connectivity index (χ0) is 21.0. The molecule has 0 aliphatic carbocycles. The number of carbonyl (C=O) groups excluding carboxylic acids is 1. The van der Waals surface area contributed by atoms with E-state index in [0.29, 0.717) is 16.8 Å². The van der Waals surface area contributed by atoms with Crippen LogP contribution in [0.15, 0.2) is 48.9 Å². The third kappa shape index (κ3) is 5.26. The highest BCUT2D eigenvalue weighted by Crippen LogP contribution is 2.23. The molecule has 0 aliphatic heterocycles. The largest absolute Gasteiger partial charge is 0.487 e. The van der Waals surface area contributed by atoms with E-state index in [4.69, 9.17) is 4.74 Å². The van der Waals surface area contributed by atoms with Gasteiger partial charge < -0.3 is 19.6 Å². The summed E-state index contributed by atoms with van der Waals surface area (Å²) in [5, 5.41) is 11.5. The van der Waals surface area contributed by atoms with Crippen LogP contribution in [-0.4, -0.2) is 39.2 Å². The minimum atomic E-state index is -4.50. The number of aliphatic hydroxyl groups is 1. The number of rotatable bonds is 7. The Morgan fingerprint density at radius 3 is 2.79 bits per heavy atom. The second kappa shape index (κ2) is 8.52. The highest BCUT2D eigenvalue weighted by Gasteiger charge is 2.33. The Labute approximate surface area is 164 Å². The fourth-order valence-corrected chi connectivity index (χ4v) is 3.00. The van der Waals surface area contributed by atoms with Crippen molar-refractivity contribution in [2.24, 2.45) is 0 Å². The zero-order valence-electron chi connectivity index (χ0n) is 15.6. The van der Waals surface area contributed by atoms with Gasteiger partial charge in [0.05, 0.1) is 25.3 Å². The maximum Gasteiger partial charge on any atom is 0.391 e. The number of amides is 1. The van der Waals surface area contributed by atoms with Crippen LogP contribution in [-0.2, 0) is 6.61 Å². The summed E-state index contributed by atoms with van der Waals surface area (Å²) in [6.45, 7) is 1.15. The lowest BCUT2D eigenvalue weighted by atomic mass is 10.2. The Kier molecular flexibility index (Phi) is 6.07. The molecule has 0 aromatic carbocycles. The quantitative estimate of drug-likeness (QED) is 0.630. The number of alkyl halides is 3. The molecule has 6 nitrogen and oxygen atoms in total. The number of aromatic nitrogens is 2. The number of carbonyl (C=O) groups is 1. The Morgan fingerprint density at radius 1 is 1.34 bits per heavy atom. The van der Waals surface area contributed by atoms with Crippen molar-refractivity contribution in [1.29, 1.82) is 0 Å².